The summed E-state index contributed by atoms with van der Waals surface area (Å²) in [4.78, 5) is 18.9. The first-order chi connectivity index (χ1) is 13.6. The number of benzene rings is 2. The van der Waals surface area contributed by atoms with Crippen LogP contribution in [-0.2, 0) is 0 Å². The lowest BCUT2D eigenvalue weighted by molar-refractivity contribution is 0.246. The predicted octanol–water partition coefficient (Wildman–Crippen LogP) is 4.82. The van der Waals surface area contributed by atoms with Crippen molar-refractivity contribution in [2.75, 3.05) is 23.3 Å². The summed E-state index contributed by atoms with van der Waals surface area (Å²) in [6.07, 6.45) is 3.48. The van der Waals surface area contributed by atoms with Crippen LogP contribution in [-0.4, -0.2) is 30.1 Å². The van der Waals surface area contributed by atoms with Crippen molar-refractivity contribution in [2.45, 2.75) is 18.9 Å². The Morgan fingerprint density at radius 2 is 1.86 bits per heavy atom. The van der Waals surface area contributed by atoms with Crippen molar-refractivity contribution >= 4 is 39.9 Å². The molecule has 0 unspecified atom stereocenters. The van der Waals surface area contributed by atoms with Crippen molar-refractivity contribution in [1.82, 2.24) is 10.3 Å². The highest BCUT2D eigenvalue weighted by Gasteiger charge is 2.22. The van der Waals surface area contributed by atoms with E-state index in [0.717, 1.165) is 42.5 Å². The molecule has 2 heterocycles. The van der Waals surface area contributed by atoms with Gasteiger partial charge in [-0.3, -0.25) is 4.98 Å². The average molecular weight is 399 g/mol. The lowest BCUT2D eigenvalue weighted by atomic mass is 10.0. The summed E-state index contributed by atoms with van der Waals surface area (Å²) in [6, 6.07) is 13.3. The molecule has 5 nitrogen and oxygen atoms in total. The number of nitrogens with zero attached hydrogens (tertiary/aromatic N) is 2. The van der Waals surface area contributed by atoms with Crippen molar-refractivity contribution in [1.29, 1.82) is 0 Å². The predicted molar refractivity (Wildman–Crippen MR) is 111 cm³/mol. The SMILES string of the molecule is O=C(Nc1ccc(F)cc1)NC1CCN(c2ccnc3cc(Cl)ccc23)CC1. The van der Waals surface area contributed by atoms with E-state index in [1.165, 1.54) is 12.1 Å². The van der Waals surface area contributed by atoms with Gasteiger partial charge in [-0.1, -0.05) is 11.6 Å². The molecule has 1 fully saturated rings. The largest absolute Gasteiger partial charge is 0.371 e. The van der Waals surface area contributed by atoms with Gasteiger partial charge >= 0.3 is 6.03 Å². The van der Waals surface area contributed by atoms with Gasteiger partial charge in [0.1, 0.15) is 5.82 Å². The fraction of sp³-hybridized carbons (Fsp3) is 0.238. The first kappa shape index (κ1) is 18.5. The van der Waals surface area contributed by atoms with Gasteiger partial charge in [0, 0.05) is 47.1 Å². The van der Waals surface area contributed by atoms with E-state index in [2.05, 4.69) is 20.5 Å². The highest BCUT2D eigenvalue weighted by molar-refractivity contribution is 6.31. The van der Waals surface area contributed by atoms with Crippen LogP contribution < -0.4 is 15.5 Å². The molecule has 28 heavy (non-hydrogen) atoms. The highest BCUT2D eigenvalue weighted by Crippen LogP contribution is 2.29. The smallest absolute Gasteiger partial charge is 0.319 e. The van der Waals surface area contributed by atoms with E-state index in [4.69, 9.17) is 11.6 Å². The summed E-state index contributed by atoms with van der Waals surface area (Å²) < 4.78 is 12.9. The monoisotopic (exact) mass is 398 g/mol. The van der Waals surface area contributed by atoms with Crippen molar-refractivity contribution in [3.05, 3.63) is 65.6 Å². The van der Waals surface area contributed by atoms with Crippen LogP contribution in [0.1, 0.15) is 12.8 Å². The molecule has 1 saturated heterocycles. The minimum Gasteiger partial charge on any atom is -0.371 e. The summed E-state index contributed by atoms with van der Waals surface area (Å²) in [5.74, 6) is -0.329. The maximum Gasteiger partial charge on any atom is 0.319 e. The van der Waals surface area contributed by atoms with E-state index in [9.17, 15) is 9.18 Å². The zero-order valence-corrected chi connectivity index (χ0v) is 15.9. The number of anilines is 2. The number of nitrogens with one attached hydrogen (secondary N) is 2. The number of carbonyl (C=O) groups excluding carboxylic acids is 1. The standard InChI is InChI=1S/C21H20ClFN4O/c22-14-1-6-18-19(13-14)24-10-7-20(18)27-11-8-17(9-12-27)26-21(28)25-16-4-2-15(23)3-5-16/h1-7,10,13,17H,8-9,11-12H2,(H2,25,26,28). The van der Waals surface area contributed by atoms with Gasteiger partial charge in [-0.05, 0) is 61.4 Å². The van der Waals surface area contributed by atoms with Gasteiger partial charge in [-0.2, -0.15) is 0 Å². The van der Waals surface area contributed by atoms with E-state index in [1.807, 2.05) is 24.3 Å². The molecule has 1 aliphatic rings. The normalized spacial score (nSPS) is 14.9. The summed E-state index contributed by atoms with van der Waals surface area (Å²) in [5, 5.41) is 7.49. The second-order valence-corrected chi connectivity index (χ2v) is 7.29. The maximum absolute atomic E-state index is 12.9. The number of amides is 2. The third-order valence-corrected chi connectivity index (χ3v) is 5.19. The number of pyridine rings is 1. The Hall–Kier alpha value is -2.86. The third kappa shape index (κ3) is 4.17. The number of rotatable bonds is 3. The molecule has 0 aliphatic carbocycles. The molecule has 2 amide bonds. The van der Waals surface area contributed by atoms with E-state index in [0.29, 0.717) is 10.7 Å². The third-order valence-electron chi connectivity index (χ3n) is 4.95. The van der Waals surface area contributed by atoms with Crippen molar-refractivity contribution in [2.24, 2.45) is 0 Å². The second kappa shape index (κ2) is 8.02. The van der Waals surface area contributed by atoms with Crippen molar-refractivity contribution in [3.8, 4) is 0 Å². The summed E-state index contributed by atoms with van der Waals surface area (Å²) >= 11 is 6.07. The summed E-state index contributed by atoms with van der Waals surface area (Å²) in [7, 11) is 0. The topological polar surface area (TPSA) is 57.3 Å². The van der Waals surface area contributed by atoms with Crippen LogP contribution in [0.25, 0.3) is 10.9 Å². The lowest BCUT2D eigenvalue weighted by Crippen LogP contribution is -2.46. The Labute approximate surface area is 167 Å². The van der Waals surface area contributed by atoms with Crippen LogP contribution in [0.4, 0.5) is 20.6 Å². The van der Waals surface area contributed by atoms with Crippen molar-refractivity contribution in [3.63, 3.8) is 0 Å². The molecule has 1 aromatic heterocycles. The van der Waals surface area contributed by atoms with Crippen LogP contribution in [0.5, 0.6) is 0 Å². The molecule has 1 aliphatic heterocycles. The molecule has 2 aromatic carbocycles. The summed E-state index contributed by atoms with van der Waals surface area (Å²) in [5.41, 5.74) is 2.58. The molecule has 2 N–H and O–H groups in total. The fourth-order valence-electron chi connectivity index (χ4n) is 3.53. The molecular formula is C21H20ClFN4O. The molecule has 144 valence electrons. The molecule has 0 bridgehead atoms. The number of hydrogen-bond acceptors (Lipinski definition) is 3. The minimum absolute atomic E-state index is 0.0965. The first-order valence-corrected chi connectivity index (χ1v) is 9.58. The van der Waals surface area contributed by atoms with Gasteiger partial charge in [-0.25, -0.2) is 9.18 Å². The second-order valence-electron chi connectivity index (χ2n) is 6.86. The van der Waals surface area contributed by atoms with Crippen LogP contribution in [0.2, 0.25) is 5.02 Å². The van der Waals surface area contributed by atoms with E-state index in [-0.39, 0.29) is 17.9 Å². The van der Waals surface area contributed by atoms with Crippen molar-refractivity contribution < 1.29 is 9.18 Å². The van der Waals surface area contributed by atoms with Gasteiger partial charge < -0.3 is 15.5 Å². The molecule has 3 aromatic rings. The van der Waals surface area contributed by atoms with E-state index in [1.54, 1.807) is 18.3 Å². The number of piperidine rings is 1. The zero-order valence-electron chi connectivity index (χ0n) is 15.2. The zero-order chi connectivity index (χ0) is 19.5. The quantitative estimate of drug-likeness (QED) is 0.665. The highest BCUT2D eigenvalue weighted by atomic mass is 35.5. The molecule has 0 saturated carbocycles. The number of fused-ring (bicyclic) bond motifs is 1. The minimum atomic E-state index is -0.329. The molecular weight excluding hydrogens is 379 g/mol. The van der Waals surface area contributed by atoms with Gasteiger partial charge in [0.25, 0.3) is 0 Å². The molecule has 0 spiro atoms. The molecule has 7 heteroatoms. The molecule has 0 radical (unpaired) electrons. The van der Waals surface area contributed by atoms with Crippen LogP contribution in [0, 0.1) is 5.82 Å². The average Bonchev–Trinajstić information content (AvgIpc) is 2.70. The number of hydrogen-bond donors (Lipinski definition) is 2. The number of carbonyl (C=O) groups is 1. The van der Waals surface area contributed by atoms with Crippen LogP contribution in [0.15, 0.2) is 54.7 Å². The van der Waals surface area contributed by atoms with Crippen LogP contribution in [0.3, 0.4) is 0 Å². The fourth-order valence-corrected chi connectivity index (χ4v) is 3.70. The van der Waals surface area contributed by atoms with Gasteiger partial charge in [0.2, 0.25) is 0 Å². The van der Waals surface area contributed by atoms with E-state index < -0.39 is 0 Å². The Morgan fingerprint density at radius 3 is 2.61 bits per heavy atom. The maximum atomic E-state index is 12.9. The van der Waals surface area contributed by atoms with E-state index >= 15 is 0 Å². The number of aromatic nitrogens is 1. The summed E-state index contributed by atoms with van der Waals surface area (Å²) in [6.45, 7) is 1.67. The number of halogens is 2. The van der Waals surface area contributed by atoms with Gasteiger partial charge in [-0.15, -0.1) is 0 Å². The first-order valence-electron chi connectivity index (χ1n) is 9.21. The number of urea groups is 1. The lowest BCUT2D eigenvalue weighted by Gasteiger charge is -2.34. The Balaban J connectivity index is 1.36. The van der Waals surface area contributed by atoms with Gasteiger partial charge in [0.05, 0.1) is 5.52 Å². The Morgan fingerprint density at radius 1 is 1.11 bits per heavy atom. The Kier molecular flexibility index (Phi) is 5.30. The molecule has 0 atom stereocenters. The Bertz CT molecular complexity index is 987. The van der Waals surface area contributed by atoms with Gasteiger partial charge in [0.15, 0.2) is 0 Å². The molecule has 4 rings (SSSR count). The van der Waals surface area contributed by atoms with Crippen LogP contribution >= 0.6 is 11.6 Å².